The van der Waals surface area contributed by atoms with Gasteiger partial charge in [0.1, 0.15) is 5.75 Å². The molecule has 1 unspecified atom stereocenters. The molecule has 3 rings (SSSR count). The first-order valence-corrected chi connectivity index (χ1v) is 9.54. The quantitative estimate of drug-likeness (QED) is 0.606. The zero-order chi connectivity index (χ0) is 19.3. The van der Waals surface area contributed by atoms with Crippen LogP contribution < -0.4 is 19.5 Å². The minimum absolute atomic E-state index is 0.303. The van der Waals surface area contributed by atoms with Gasteiger partial charge in [-0.2, -0.15) is 0 Å². The maximum absolute atomic E-state index is 5.65. The van der Waals surface area contributed by atoms with Crippen LogP contribution in [0.15, 0.2) is 17.1 Å². The number of rotatable bonds is 6. The van der Waals surface area contributed by atoms with Crippen LogP contribution in [0.5, 0.6) is 17.2 Å². The Morgan fingerprint density at radius 3 is 2.52 bits per heavy atom. The second-order valence-corrected chi connectivity index (χ2v) is 7.16. The lowest BCUT2D eigenvalue weighted by atomic mass is 9.87. The van der Waals surface area contributed by atoms with E-state index in [1.54, 1.807) is 21.3 Å². The van der Waals surface area contributed by atoms with Gasteiger partial charge in [0.25, 0.3) is 0 Å². The lowest BCUT2D eigenvalue weighted by Gasteiger charge is -2.25. The van der Waals surface area contributed by atoms with E-state index in [1.165, 1.54) is 0 Å². The number of likely N-dealkylation sites (tertiary alicyclic amines) is 1. The van der Waals surface area contributed by atoms with Crippen molar-refractivity contribution in [3.05, 3.63) is 17.7 Å². The summed E-state index contributed by atoms with van der Waals surface area (Å²) in [5.74, 6) is 3.01. The Bertz CT molecular complexity index is 671. The summed E-state index contributed by atoms with van der Waals surface area (Å²) in [5, 5.41) is 3.43. The first-order valence-electron chi connectivity index (χ1n) is 9.54. The largest absolute Gasteiger partial charge is 0.496 e. The number of nitrogens with one attached hydrogen (secondary N) is 1. The van der Waals surface area contributed by atoms with Gasteiger partial charge in [-0.05, 0) is 25.8 Å². The molecule has 0 aromatic heterocycles. The van der Waals surface area contributed by atoms with E-state index in [0.717, 1.165) is 63.0 Å². The molecule has 1 atom stereocenters. The topological polar surface area (TPSA) is 64.6 Å². The number of hydrogen-bond acceptors (Lipinski definition) is 5. The first-order chi connectivity index (χ1) is 13.1. The molecule has 2 aliphatic heterocycles. The Balaban J connectivity index is 1.79. The number of hydrogen-bond donors (Lipinski definition) is 1. The van der Waals surface area contributed by atoms with Crippen molar-refractivity contribution >= 4 is 5.96 Å². The maximum Gasteiger partial charge on any atom is 0.194 e. The Morgan fingerprint density at radius 1 is 1.15 bits per heavy atom. The van der Waals surface area contributed by atoms with Crippen molar-refractivity contribution in [1.29, 1.82) is 0 Å². The average molecular weight is 377 g/mol. The number of methoxy groups -OCH3 is 3. The number of ether oxygens (including phenoxy) is 4. The van der Waals surface area contributed by atoms with Crippen LogP contribution in [0.3, 0.4) is 0 Å². The van der Waals surface area contributed by atoms with Gasteiger partial charge in [0.05, 0.1) is 34.5 Å². The van der Waals surface area contributed by atoms with Crippen LogP contribution in [0.25, 0.3) is 0 Å². The van der Waals surface area contributed by atoms with Crippen LogP contribution in [0.1, 0.15) is 25.3 Å². The molecule has 0 aliphatic carbocycles. The molecule has 1 N–H and O–H groups in total. The molecular weight excluding hydrogens is 346 g/mol. The highest BCUT2D eigenvalue weighted by Gasteiger charge is 2.42. The Hall–Kier alpha value is -2.15. The standard InChI is InChI=1S/C20H31N3O4/c1-5-21-19(23-8-6-20(13-23)7-9-27-14-20)22-12-15-10-17(25-3)18(26-4)11-16(15)24-2/h10-11H,5-9,12-14H2,1-4H3,(H,21,22). The third kappa shape index (κ3) is 4.24. The van der Waals surface area contributed by atoms with Crippen LogP contribution in [0.4, 0.5) is 0 Å². The van der Waals surface area contributed by atoms with Gasteiger partial charge in [0, 0.05) is 43.3 Å². The van der Waals surface area contributed by atoms with Crippen molar-refractivity contribution in [2.45, 2.75) is 26.3 Å². The van der Waals surface area contributed by atoms with E-state index >= 15 is 0 Å². The zero-order valence-electron chi connectivity index (χ0n) is 16.8. The number of benzene rings is 1. The molecule has 7 nitrogen and oxygen atoms in total. The third-order valence-electron chi connectivity index (χ3n) is 5.44. The fraction of sp³-hybridized carbons (Fsp3) is 0.650. The molecule has 0 bridgehead atoms. The minimum atomic E-state index is 0.303. The summed E-state index contributed by atoms with van der Waals surface area (Å²) in [5.41, 5.74) is 1.26. The van der Waals surface area contributed by atoms with Gasteiger partial charge in [0.2, 0.25) is 0 Å². The molecule has 150 valence electrons. The molecule has 1 spiro atoms. The molecule has 2 saturated heterocycles. The van der Waals surface area contributed by atoms with Gasteiger partial charge >= 0.3 is 0 Å². The van der Waals surface area contributed by atoms with E-state index in [2.05, 4.69) is 17.1 Å². The van der Waals surface area contributed by atoms with E-state index < -0.39 is 0 Å². The summed E-state index contributed by atoms with van der Waals surface area (Å²) >= 11 is 0. The monoisotopic (exact) mass is 377 g/mol. The van der Waals surface area contributed by atoms with Crippen LogP contribution in [0.2, 0.25) is 0 Å². The summed E-state index contributed by atoms with van der Waals surface area (Å²) in [6.07, 6.45) is 2.31. The van der Waals surface area contributed by atoms with E-state index in [0.29, 0.717) is 23.5 Å². The van der Waals surface area contributed by atoms with Gasteiger partial charge in [-0.15, -0.1) is 0 Å². The van der Waals surface area contributed by atoms with E-state index in [-0.39, 0.29) is 0 Å². The van der Waals surface area contributed by atoms with Crippen molar-refractivity contribution in [3.8, 4) is 17.2 Å². The van der Waals surface area contributed by atoms with Crippen molar-refractivity contribution in [3.63, 3.8) is 0 Å². The minimum Gasteiger partial charge on any atom is -0.496 e. The summed E-state index contributed by atoms with van der Waals surface area (Å²) in [7, 11) is 4.91. The Morgan fingerprint density at radius 2 is 1.89 bits per heavy atom. The Labute approximate surface area is 161 Å². The lowest BCUT2D eigenvalue weighted by Crippen LogP contribution is -2.41. The summed E-state index contributed by atoms with van der Waals surface area (Å²) in [4.78, 5) is 7.23. The molecule has 0 saturated carbocycles. The average Bonchev–Trinajstić information content (AvgIpc) is 3.34. The molecule has 2 fully saturated rings. The molecule has 1 aromatic carbocycles. The second-order valence-electron chi connectivity index (χ2n) is 7.16. The third-order valence-corrected chi connectivity index (χ3v) is 5.44. The lowest BCUT2D eigenvalue weighted by molar-refractivity contribution is 0.156. The molecule has 2 aliphatic rings. The normalized spacial score (nSPS) is 22.4. The number of nitrogens with zero attached hydrogens (tertiary/aromatic N) is 2. The molecule has 2 heterocycles. The van der Waals surface area contributed by atoms with Crippen LogP contribution in [0, 0.1) is 5.41 Å². The van der Waals surface area contributed by atoms with Crippen molar-refractivity contribution < 1.29 is 18.9 Å². The molecule has 0 amide bonds. The summed E-state index contributed by atoms with van der Waals surface area (Å²) < 4.78 is 22.0. The smallest absolute Gasteiger partial charge is 0.194 e. The highest BCUT2D eigenvalue weighted by molar-refractivity contribution is 5.80. The fourth-order valence-electron chi connectivity index (χ4n) is 3.89. The van der Waals surface area contributed by atoms with Gasteiger partial charge < -0.3 is 29.2 Å². The molecule has 0 radical (unpaired) electrons. The zero-order valence-corrected chi connectivity index (χ0v) is 16.8. The van der Waals surface area contributed by atoms with Gasteiger partial charge in [0.15, 0.2) is 17.5 Å². The van der Waals surface area contributed by atoms with Crippen molar-refractivity contribution in [1.82, 2.24) is 10.2 Å². The van der Waals surface area contributed by atoms with Crippen LogP contribution in [-0.4, -0.2) is 65.0 Å². The number of guanidine groups is 1. The molecule has 7 heteroatoms. The van der Waals surface area contributed by atoms with Crippen LogP contribution in [-0.2, 0) is 11.3 Å². The summed E-state index contributed by atoms with van der Waals surface area (Å²) in [6.45, 7) is 7.20. The van der Waals surface area contributed by atoms with Crippen molar-refractivity contribution in [2.24, 2.45) is 10.4 Å². The van der Waals surface area contributed by atoms with Gasteiger partial charge in [-0.1, -0.05) is 0 Å². The van der Waals surface area contributed by atoms with E-state index in [9.17, 15) is 0 Å². The predicted molar refractivity (Wildman–Crippen MR) is 105 cm³/mol. The van der Waals surface area contributed by atoms with Crippen molar-refractivity contribution in [2.75, 3.05) is 54.2 Å². The predicted octanol–water partition coefficient (Wildman–Crippen LogP) is 2.29. The van der Waals surface area contributed by atoms with E-state index in [1.807, 2.05) is 12.1 Å². The summed E-state index contributed by atoms with van der Waals surface area (Å²) in [6, 6.07) is 3.78. The number of aliphatic imine (C=N–C) groups is 1. The highest BCUT2D eigenvalue weighted by Crippen LogP contribution is 2.38. The van der Waals surface area contributed by atoms with Crippen LogP contribution >= 0.6 is 0 Å². The molecular formula is C20H31N3O4. The highest BCUT2D eigenvalue weighted by atomic mass is 16.5. The molecule has 1 aromatic rings. The van der Waals surface area contributed by atoms with Gasteiger partial charge in [-0.25, -0.2) is 4.99 Å². The Kier molecular flexibility index (Phi) is 6.31. The molecule has 27 heavy (non-hydrogen) atoms. The SMILES string of the molecule is CCNC(=NCc1cc(OC)c(OC)cc1OC)N1CCC2(CCOC2)C1. The van der Waals surface area contributed by atoms with Gasteiger partial charge in [-0.3, -0.25) is 0 Å². The fourth-order valence-corrected chi connectivity index (χ4v) is 3.89. The first kappa shape index (κ1) is 19.6. The second kappa shape index (κ2) is 8.69. The van der Waals surface area contributed by atoms with E-state index in [4.69, 9.17) is 23.9 Å². The maximum atomic E-state index is 5.65.